The fourth-order valence-corrected chi connectivity index (χ4v) is 1.35. The van der Waals surface area contributed by atoms with E-state index in [2.05, 4.69) is 0 Å². The Hall–Kier alpha value is -1.66. The summed E-state index contributed by atoms with van der Waals surface area (Å²) < 4.78 is 62.4. The molecule has 0 radical (unpaired) electrons. The predicted molar refractivity (Wildman–Crippen MR) is 50.8 cm³/mol. The summed E-state index contributed by atoms with van der Waals surface area (Å²) in [5, 5.41) is 0. The third kappa shape index (κ3) is 2.72. The molecule has 0 atom stereocenters. The standard InChI is InChI=1S/C10H8F5NO/c1-4(17)5-3-8(16)6(9(11)12)2-7(5)10(13,14)15/h2-3,9H,16H2,1H3. The van der Waals surface area contributed by atoms with E-state index in [1.807, 2.05) is 0 Å². The molecule has 0 saturated heterocycles. The minimum absolute atomic E-state index is 0.219. The largest absolute Gasteiger partial charge is 0.417 e. The van der Waals surface area contributed by atoms with Gasteiger partial charge in [-0.1, -0.05) is 0 Å². The second-order valence-electron chi connectivity index (χ2n) is 3.38. The van der Waals surface area contributed by atoms with Gasteiger partial charge in [0.2, 0.25) is 0 Å². The van der Waals surface area contributed by atoms with E-state index in [0.717, 1.165) is 6.92 Å². The Balaban J connectivity index is 3.54. The molecule has 2 N–H and O–H groups in total. The first-order chi connectivity index (χ1) is 7.64. The number of halogens is 5. The molecule has 94 valence electrons. The number of carbonyl (C=O) groups excluding carboxylic acids is 1. The minimum Gasteiger partial charge on any atom is -0.398 e. The zero-order chi connectivity index (χ0) is 13.4. The molecule has 0 spiro atoms. The Bertz CT molecular complexity index is 453. The van der Waals surface area contributed by atoms with Crippen LogP contribution in [0, 0.1) is 0 Å². The molecule has 1 rings (SSSR count). The molecule has 0 saturated carbocycles. The maximum atomic E-state index is 12.5. The van der Waals surface area contributed by atoms with Crippen LogP contribution >= 0.6 is 0 Å². The number of alkyl halides is 5. The predicted octanol–water partition coefficient (Wildman–Crippen LogP) is 3.43. The number of benzene rings is 1. The van der Waals surface area contributed by atoms with Crippen molar-refractivity contribution < 1.29 is 26.7 Å². The van der Waals surface area contributed by atoms with Crippen molar-refractivity contribution in [2.45, 2.75) is 19.5 Å². The summed E-state index contributed by atoms with van der Waals surface area (Å²) in [7, 11) is 0. The molecule has 0 aromatic heterocycles. The van der Waals surface area contributed by atoms with E-state index in [1.54, 1.807) is 0 Å². The fourth-order valence-electron chi connectivity index (χ4n) is 1.35. The Labute approximate surface area is 93.2 Å². The fraction of sp³-hybridized carbons (Fsp3) is 0.300. The number of nitrogen functional groups attached to an aromatic ring is 1. The zero-order valence-electron chi connectivity index (χ0n) is 8.61. The third-order valence-corrected chi connectivity index (χ3v) is 2.14. The van der Waals surface area contributed by atoms with Crippen LogP contribution in [0.2, 0.25) is 0 Å². The molecule has 7 heteroatoms. The summed E-state index contributed by atoms with van der Waals surface area (Å²) in [5.41, 5.74) is 1.61. The van der Waals surface area contributed by atoms with Crippen molar-refractivity contribution in [3.05, 3.63) is 28.8 Å². The van der Waals surface area contributed by atoms with E-state index in [0.29, 0.717) is 6.07 Å². The third-order valence-electron chi connectivity index (χ3n) is 2.14. The van der Waals surface area contributed by atoms with E-state index in [9.17, 15) is 26.7 Å². The normalized spacial score (nSPS) is 11.9. The minimum atomic E-state index is -4.88. The molecule has 0 aliphatic heterocycles. The van der Waals surface area contributed by atoms with Crippen LogP contribution in [0.15, 0.2) is 12.1 Å². The van der Waals surface area contributed by atoms with Crippen LogP contribution < -0.4 is 5.73 Å². The van der Waals surface area contributed by atoms with Crippen molar-refractivity contribution in [1.29, 1.82) is 0 Å². The van der Waals surface area contributed by atoms with Gasteiger partial charge in [-0.2, -0.15) is 13.2 Å². The van der Waals surface area contributed by atoms with Gasteiger partial charge >= 0.3 is 6.18 Å². The van der Waals surface area contributed by atoms with Crippen LogP contribution in [0.5, 0.6) is 0 Å². The molecule has 0 fully saturated rings. The van der Waals surface area contributed by atoms with Gasteiger partial charge in [-0.15, -0.1) is 0 Å². The molecule has 1 aromatic carbocycles. The summed E-state index contributed by atoms with van der Waals surface area (Å²) in [6, 6.07) is 0.851. The molecule has 0 unspecified atom stereocenters. The van der Waals surface area contributed by atoms with Crippen molar-refractivity contribution in [1.82, 2.24) is 0 Å². The van der Waals surface area contributed by atoms with Gasteiger partial charge in [0.15, 0.2) is 5.78 Å². The summed E-state index contributed by atoms with van der Waals surface area (Å²) in [4.78, 5) is 11.0. The number of hydrogen-bond donors (Lipinski definition) is 1. The van der Waals surface area contributed by atoms with Crippen molar-refractivity contribution in [3.8, 4) is 0 Å². The summed E-state index contributed by atoms with van der Waals surface area (Å²) in [6.07, 6.45) is -8.00. The van der Waals surface area contributed by atoms with Gasteiger partial charge in [0.25, 0.3) is 6.43 Å². The van der Waals surface area contributed by atoms with E-state index in [-0.39, 0.29) is 6.07 Å². The van der Waals surface area contributed by atoms with Crippen LogP contribution in [0.4, 0.5) is 27.6 Å². The SMILES string of the molecule is CC(=O)c1cc(N)c(C(F)F)cc1C(F)(F)F. The molecule has 0 heterocycles. The first-order valence-corrected chi connectivity index (χ1v) is 4.44. The lowest BCUT2D eigenvalue weighted by atomic mass is 9.99. The first kappa shape index (κ1) is 13.4. The van der Waals surface area contributed by atoms with Crippen molar-refractivity contribution in [3.63, 3.8) is 0 Å². The maximum Gasteiger partial charge on any atom is 0.417 e. The lowest BCUT2D eigenvalue weighted by molar-refractivity contribution is -0.138. The van der Waals surface area contributed by atoms with Gasteiger partial charge in [0.1, 0.15) is 0 Å². The molecular weight excluding hydrogens is 245 g/mol. The number of anilines is 1. The topological polar surface area (TPSA) is 43.1 Å². The summed E-state index contributed by atoms with van der Waals surface area (Å²) >= 11 is 0. The van der Waals surface area contributed by atoms with E-state index in [1.165, 1.54) is 0 Å². The highest BCUT2D eigenvalue weighted by molar-refractivity contribution is 5.97. The van der Waals surface area contributed by atoms with Crippen LogP contribution in [-0.4, -0.2) is 5.78 Å². The molecule has 0 aliphatic rings. The Morgan fingerprint density at radius 2 is 1.82 bits per heavy atom. The molecule has 2 nitrogen and oxygen atoms in total. The molecule has 0 amide bonds. The molecular formula is C10H8F5NO. The van der Waals surface area contributed by atoms with Crippen LogP contribution in [-0.2, 0) is 6.18 Å². The molecule has 0 bridgehead atoms. The highest BCUT2D eigenvalue weighted by Crippen LogP contribution is 2.37. The van der Waals surface area contributed by atoms with Crippen LogP contribution in [0.25, 0.3) is 0 Å². The number of carbonyl (C=O) groups is 1. The van der Waals surface area contributed by atoms with E-state index >= 15 is 0 Å². The molecule has 17 heavy (non-hydrogen) atoms. The highest BCUT2D eigenvalue weighted by Gasteiger charge is 2.36. The van der Waals surface area contributed by atoms with Gasteiger partial charge in [0.05, 0.1) is 5.56 Å². The highest BCUT2D eigenvalue weighted by atomic mass is 19.4. The quantitative estimate of drug-likeness (QED) is 0.498. The van der Waals surface area contributed by atoms with Gasteiger partial charge in [0, 0.05) is 16.8 Å². The molecule has 1 aromatic rings. The van der Waals surface area contributed by atoms with Crippen molar-refractivity contribution >= 4 is 11.5 Å². The number of Topliss-reactive ketones (excluding diaryl/α,β-unsaturated/α-hetero) is 1. The van der Waals surface area contributed by atoms with Gasteiger partial charge in [-0.3, -0.25) is 4.79 Å². The summed E-state index contributed by atoms with van der Waals surface area (Å²) in [6.45, 7) is 0.909. The van der Waals surface area contributed by atoms with Crippen molar-refractivity contribution in [2.24, 2.45) is 0 Å². The monoisotopic (exact) mass is 253 g/mol. The van der Waals surface area contributed by atoms with Crippen LogP contribution in [0.1, 0.15) is 34.8 Å². The number of nitrogens with two attached hydrogens (primary N) is 1. The second kappa shape index (κ2) is 4.31. The van der Waals surface area contributed by atoms with Gasteiger partial charge in [-0.05, 0) is 19.1 Å². The Morgan fingerprint density at radius 3 is 2.18 bits per heavy atom. The van der Waals surface area contributed by atoms with Gasteiger partial charge in [-0.25, -0.2) is 8.78 Å². The number of hydrogen-bond acceptors (Lipinski definition) is 2. The number of rotatable bonds is 2. The maximum absolute atomic E-state index is 12.5. The first-order valence-electron chi connectivity index (χ1n) is 4.44. The Kier molecular flexibility index (Phi) is 3.40. The van der Waals surface area contributed by atoms with Gasteiger partial charge < -0.3 is 5.73 Å². The van der Waals surface area contributed by atoms with Crippen molar-refractivity contribution in [2.75, 3.05) is 5.73 Å². The lowest BCUT2D eigenvalue weighted by Crippen LogP contribution is -2.14. The average Bonchev–Trinajstić information content (AvgIpc) is 2.14. The average molecular weight is 253 g/mol. The molecule has 0 aliphatic carbocycles. The smallest absolute Gasteiger partial charge is 0.398 e. The van der Waals surface area contributed by atoms with Crippen LogP contribution in [0.3, 0.4) is 0 Å². The second-order valence-corrected chi connectivity index (χ2v) is 3.38. The Morgan fingerprint density at radius 1 is 1.29 bits per heavy atom. The zero-order valence-corrected chi connectivity index (χ0v) is 8.61. The van der Waals surface area contributed by atoms with E-state index in [4.69, 9.17) is 5.73 Å². The summed E-state index contributed by atoms with van der Waals surface area (Å²) in [5.74, 6) is -0.884. The lowest BCUT2D eigenvalue weighted by Gasteiger charge is -2.14. The number of ketones is 1. The van der Waals surface area contributed by atoms with E-state index < -0.39 is 40.8 Å².